The lowest BCUT2D eigenvalue weighted by molar-refractivity contribution is -0.0488. The molecule has 14 nitrogen and oxygen atoms in total. The number of aliphatic hydroxyl groups excluding tert-OH is 2. The first kappa shape index (κ1) is 17.9. The molecule has 4 heterocycles. The van der Waals surface area contributed by atoms with Crippen molar-refractivity contribution in [3.05, 3.63) is 25.3 Å². The summed E-state index contributed by atoms with van der Waals surface area (Å²) in [6.45, 7) is -0.480. The molecule has 5 N–H and O–H groups in total. The molecule has 0 aliphatic carbocycles. The Bertz CT molecular complexity index is 995. The molecular weight excluding hydrogens is 383 g/mol. The third-order valence-corrected chi connectivity index (χ3v) is 5.28. The van der Waals surface area contributed by atoms with Gasteiger partial charge in [0.25, 0.3) is 0 Å². The van der Waals surface area contributed by atoms with Crippen LogP contribution in [0.15, 0.2) is 25.3 Å². The summed E-state index contributed by atoms with van der Waals surface area (Å²) in [6.07, 6.45) is -0.237. The van der Waals surface area contributed by atoms with Crippen LogP contribution in [0.1, 0.15) is 6.23 Å². The van der Waals surface area contributed by atoms with Gasteiger partial charge in [0.1, 0.15) is 42.8 Å². The maximum absolute atomic E-state index is 12.1. The molecule has 0 spiro atoms. The van der Waals surface area contributed by atoms with Crippen molar-refractivity contribution in [1.29, 1.82) is 0 Å². The standard InChI is InChI=1S/C12H15N8O6P/c13-10-7-11(16-3-15-10)19(5-17-7)12-9(22)8(21)6(26-12)1-25-27(23,24)20-4-14-2-18-20/h2-6,8-9,12,21-22H,1H2,(H,23,24)(H2,13,15,16)/t6-,8-,9-,12-/m1/s1. The van der Waals surface area contributed by atoms with Crippen molar-refractivity contribution >= 4 is 24.7 Å². The first-order chi connectivity index (χ1) is 12.9. The quantitative estimate of drug-likeness (QED) is 0.355. The van der Waals surface area contributed by atoms with Gasteiger partial charge in [0.15, 0.2) is 17.7 Å². The largest absolute Gasteiger partial charge is 0.453 e. The number of aromatic nitrogens is 7. The van der Waals surface area contributed by atoms with Crippen LogP contribution in [0, 0.1) is 0 Å². The Morgan fingerprint density at radius 2 is 2.04 bits per heavy atom. The Balaban J connectivity index is 1.52. The summed E-state index contributed by atoms with van der Waals surface area (Å²) in [4.78, 5) is 25.4. The molecule has 0 bridgehead atoms. The fourth-order valence-electron chi connectivity index (χ4n) is 2.72. The zero-order chi connectivity index (χ0) is 19.2. The van der Waals surface area contributed by atoms with Gasteiger partial charge in [0.05, 0.1) is 12.9 Å². The Kier molecular flexibility index (Phi) is 4.38. The maximum Gasteiger partial charge on any atom is 0.453 e. The normalized spacial score (nSPS) is 27.8. The molecule has 1 aliphatic rings. The van der Waals surface area contributed by atoms with Crippen LogP contribution < -0.4 is 5.73 Å². The van der Waals surface area contributed by atoms with Crippen molar-refractivity contribution in [2.75, 3.05) is 12.3 Å². The van der Waals surface area contributed by atoms with Crippen molar-refractivity contribution < 1.29 is 28.9 Å². The topological polar surface area (TPSA) is 197 Å². The number of hydrogen-bond acceptors (Lipinski definition) is 11. The molecule has 3 aromatic heterocycles. The van der Waals surface area contributed by atoms with E-state index in [0.29, 0.717) is 15.6 Å². The average molecular weight is 398 g/mol. The summed E-state index contributed by atoms with van der Waals surface area (Å²) >= 11 is 0. The van der Waals surface area contributed by atoms with Crippen LogP contribution in [-0.4, -0.2) is 74.1 Å². The van der Waals surface area contributed by atoms with Crippen molar-refractivity contribution in [3.8, 4) is 0 Å². The fraction of sp³-hybridized carbons (Fsp3) is 0.417. The van der Waals surface area contributed by atoms with E-state index < -0.39 is 38.9 Å². The van der Waals surface area contributed by atoms with Crippen molar-refractivity contribution in [3.63, 3.8) is 0 Å². The number of nitrogens with two attached hydrogens (primary N) is 1. The fourth-order valence-corrected chi connectivity index (χ4v) is 3.54. The zero-order valence-corrected chi connectivity index (χ0v) is 14.4. The Morgan fingerprint density at radius 1 is 1.22 bits per heavy atom. The van der Waals surface area contributed by atoms with Crippen LogP contribution in [0.4, 0.5) is 5.82 Å². The van der Waals surface area contributed by atoms with E-state index in [4.69, 9.17) is 15.0 Å². The van der Waals surface area contributed by atoms with Crippen LogP contribution in [0.3, 0.4) is 0 Å². The molecule has 3 aromatic rings. The summed E-state index contributed by atoms with van der Waals surface area (Å²) < 4.78 is 24.7. The van der Waals surface area contributed by atoms with Gasteiger partial charge in [-0.05, 0) is 0 Å². The first-order valence-corrected chi connectivity index (χ1v) is 9.19. The molecule has 0 radical (unpaired) electrons. The van der Waals surface area contributed by atoms with E-state index in [2.05, 4.69) is 25.0 Å². The van der Waals surface area contributed by atoms with E-state index in [1.54, 1.807) is 0 Å². The summed E-state index contributed by atoms with van der Waals surface area (Å²) in [5.41, 5.74) is 6.34. The van der Waals surface area contributed by atoms with E-state index >= 15 is 0 Å². The second kappa shape index (κ2) is 6.60. The summed E-state index contributed by atoms with van der Waals surface area (Å²) in [7, 11) is -4.31. The predicted molar refractivity (Wildman–Crippen MR) is 86.9 cm³/mol. The van der Waals surface area contributed by atoms with E-state index in [0.717, 1.165) is 12.7 Å². The van der Waals surface area contributed by atoms with E-state index in [1.165, 1.54) is 17.2 Å². The van der Waals surface area contributed by atoms with Crippen LogP contribution in [0.5, 0.6) is 0 Å². The minimum absolute atomic E-state index is 0.153. The van der Waals surface area contributed by atoms with Crippen molar-refractivity contribution in [1.82, 2.24) is 34.1 Å². The second-order valence-corrected chi connectivity index (χ2v) is 7.38. The van der Waals surface area contributed by atoms with Crippen LogP contribution in [0.25, 0.3) is 11.2 Å². The molecule has 15 heteroatoms. The van der Waals surface area contributed by atoms with Gasteiger partial charge in [-0.2, -0.15) is 4.45 Å². The van der Waals surface area contributed by atoms with Crippen LogP contribution in [-0.2, 0) is 13.8 Å². The lowest BCUT2D eigenvalue weighted by atomic mass is 10.1. The molecule has 4 rings (SSSR count). The number of fused-ring (bicyclic) bond motifs is 1. The van der Waals surface area contributed by atoms with Gasteiger partial charge >= 0.3 is 7.75 Å². The monoisotopic (exact) mass is 398 g/mol. The van der Waals surface area contributed by atoms with Crippen molar-refractivity contribution in [2.24, 2.45) is 0 Å². The predicted octanol–water partition coefficient (Wildman–Crippen LogP) is -1.72. The smallest absolute Gasteiger partial charge is 0.387 e. The number of ether oxygens (including phenoxy) is 1. The Morgan fingerprint density at radius 3 is 2.78 bits per heavy atom. The highest BCUT2D eigenvalue weighted by atomic mass is 31.2. The molecule has 0 amide bonds. The van der Waals surface area contributed by atoms with Gasteiger partial charge in [-0.15, -0.1) is 5.10 Å². The average Bonchev–Trinajstić information content (AvgIpc) is 3.36. The minimum atomic E-state index is -4.31. The van der Waals surface area contributed by atoms with Gasteiger partial charge in [0, 0.05) is 0 Å². The van der Waals surface area contributed by atoms with Crippen LogP contribution in [0.2, 0.25) is 0 Å². The number of aliphatic hydroxyl groups is 2. The number of imidazole rings is 1. The highest BCUT2D eigenvalue weighted by Crippen LogP contribution is 2.43. The second-order valence-electron chi connectivity index (χ2n) is 5.73. The third kappa shape index (κ3) is 3.07. The van der Waals surface area contributed by atoms with Crippen LogP contribution >= 0.6 is 7.75 Å². The highest BCUT2D eigenvalue weighted by molar-refractivity contribution is 7.50. The van der Waals surface area contributed by atoms with E-state index in [1.807, 2.05) is 0 Å². The Hall–Kier alpha value is -2.48. The molecule has 27 heavy (non-hydrogen) atoms. The molecular formula is C12H15N8O6P. The summed E-state index contributed by atoms with van der Waals surface area (Å²) in [5.74, 6) is 0.153. The molecule has 1 unspecified atom stereocenters. The van der Waals surface area contributed by atoms with Gasteiger partial charge in [-0.1, -0.05) is 0 Å². The number of nitrogens with zero attached hydrogens (tertiary/aromatic N) is 7. The number of rotatable bonds is 5. The van der Waals surface area contributed by atoms with E-state index in [-0.39, 0.29) is 5.82 Å². The number of hydrogen-bond donors (Lipinski definition) is 4. The number of nitrogen functional groups attached to an aromatic ring is 1. The van der Waals surface area contributed by atoms with E-state index in [9.17, 15) is 19.7 Å². The molecule has 1 fully saturated rings. The SMILES string of the molecule is Nc1ncnc2c1ncn2[C@@H]1O[C@H](COP(=O)(O)n2cncn2)[C@@H](O)[C@H]1O. The molecule has 5 atom stereocenters. The van der Waals surface area contributed by atoms with Gasteiger partial charge < -0.3 is 25.6 Å². The molecule has 1 aliphatic heterocycles. The van der Waals surface area contributed by atoms with Crippen molar-refractivity contribution in [2.45, 2.75) is 24.5 Å². The lowest BCUT2D eigenvalue weighted by Gasteiger charge is -2.17. The summed E-state index contributed by atoms with van der Waals surface area (Å²) in [5, 5.41) is 24.1. The summed E-state index contributed by atoms with van der Waals surface area (Å²) in [6, 6.07) is 0. The molecule has 0 aromatic carbocycles. The minimum Gasteiger partial charge on any atom is -0.387 e. The molecule has 144 valence electrons. The molecule has 1 saturated heterocycles. The first-order valence-electron chi connectivity index (χ1n) is 7.66. The Labute approximate surface area is 150 Å². The zero-order valence-electron chi connectivity index (χ0n) is 13.5. The number of anilines is 1. The van der Waals surface area contributed by atoms with Gasteiger partial charge in [-0.3, -0.25) is 9.09 Å². The lowest BCUT2D eigenvalue weighted by Crippen LogP contribution is -2.33. The third-order valence-electron chi connectivity index (χ3n) is 4.07. The molecule has 0 saturated carbocycles. The van der Waals surface area contributed by atoms with Gasteiger partial charge in [0.2, 0.25) is 0 Å². The highest BCUT2D eigenvalue weighted by Gasteiger charge is 2.45. The maximum atomic E-state index is 12.1. The van der Waals surface area contributed by atoms with Gasteiger partial charge in [-0.25, -0.2) is 24.5 Å².